The van der Waals surface area contributed by atoms with Crippen LogP contribution in [0.15, 0.2) is 18.2 Å². The number of aliphatic hydroxyl groups is 1. The average Bonchev–Trinajstić information content (AvgIpc) is 2.37. The molecule has 0 spiro atoms. The van der Waals surface area contributed by atoms with Gasteiger partial charge in [-0.25, -0.2) is 0 Å². The van der Waals surface area contributed by atoms with Crippen LogP contribution in [0.25, 0.3) is 0 Å². The van der Waals surface area contributed by atoms with Crippen LogP contribution in [0.5, 0.6) is 5.75 Å². The number of benzene rings is 1. The maximum absolute atomic E-state index is 9.04. The predicted octanol–water partition coefficient (Wildman–Crippen LogP) is 2.43. The molecule has 0 saturated heterocycles. The van der Waals surface area contributed by atoms with Crippen LogP contribution in [0.2, 0.25) is 0 Å². The summed E-state index contributed by atoms with van der Waals surface area (Å²) in [7, 11) is 0. The smallest absolute Gasteiger partial charge is 0.122 e. The second kappa shape index (κ2) is 8.11. The fourth-order valence-electron chi connectivity index (χ4n) is 1.82. The Balaban J connectivity index is 2.52. The van der Waals surface area contributed by atoms with Gasteiger partial charge in [-0.3, -0.25) is 0 Å². The van der Waals surface area contributed by atoms with E-state index in [-0.39, 0.29) is 12.6 Å². The molecular formula is C15H25NO2. The summed E-state index contributed by atoms with van der Waals surface area (Å²) < 4.78 is 5.86. The fraction of sp³-hybridized carbons (Fsp3) is 0.600. The van der Waals surface area contributed by atoms with E-state index in [1.807, 2.05) is 12.1 Å². The van der Waals surface area contributed by atoms with Crippen LogP contribution >= 0.6 is 0 Å². The van der Waals surface area contributed by atoms with Crippen LogP contribution in [0, 0.1) is 13.8 Å². The Morgan fingerprint density at radius 3 is 2.78 bits per heavy atom. The van der Waals surface area contributed by atoms with Crippen LogP contribution in [-0.2, 0) is 0 Å². The standard InChI is InChI=1S/C15H25NO2/c1-4-9-16-14(8-10-17)11-18-15-7-5-6-12(2)13(15)3/h5-7,14,16-17H,4,8-11H2,1-3H3. The van der Waals surface area contributed by atoms with E-state index >= 15 is 0 Å². The van der Waals surface area contributed by atoms with Gasteiger partial charge in [0.1, 0.15) is 12.4 Å². The molecule has 0 fully saturated rings. The normalized spacial score (nSPS) is 12.4. The third-order valence-corrected chi connectivity index (χ3v) is 3.16. The number of hydrogen-bond acceptors (Lipinski definition) is 3. The van der Waals surface area contributed by atoms with E-state index < -0.39 is 0 Å². The number of ether oxygens (including phenoxy) is 1. The van der Waals surface area contributed by atoms with Crippen molar-refractivity contribution in [3.8, 4) is 5.75 Å². The molecule has 3 nitrogen and oxygen atoms in total. The third kappa shape index (κ3) is 4.67. The molecule has 0 aromatic heterocycles. The molecule has 3 heteroatoms. The number of nitrogens with one attached hydrogen (secondary N) is 1. The first-order chi connectivity index (χ1) is 8.69. The molecular weight excluding hydrogens is 226 g/mol. The summed E-state index contributed by atoms with van der Waals surface area (Å²) in [6.45, 7) is 8.05. The van der Waals surface area contributed by atoms with Crippen LogP contribution in [-0.4, -0.2) is 30.9 Å². The average molecular weight is 251 g/mol. The zero-order chi connectivity index (χ0) is 13.4. The maximum atomic E-state index is 9.04. The summed E-state index contributed by atoms with van der Waals surface area (Å²) >= 11 is 0. The van der Waals surface area contributed by atoms with Crippen molar-refractivity contribution >= 4 is 0 Å². The van der Waals surface area contributed by atoms with Gasteiger partial charge in [0.2, 0.25) is 0 Å². The fourth-order valence-corrected chi connectivity index (χ4v) is 1.82. The monoisotopic (exact) mass is 251 g/mol. The number of rotatable bonds is 8. The van der Waals surface area contributed by atoms with Gasteiger partial charge in [0.05, 0.1) is 0 Å². The van der Waals surface area contributed by atoms with Crippen LogP contribution < -0.4 is 10.1 Å². The summed E-state index contributed by atoms with van der Waals surface area (Å²) in [6, 6.07) is 6.31. The first-order valence-corrected chi connectivity index (χ1v) is 6.72. The van der Waals surface area contributed by atoms with Gasteiger partial charge in [-0.2, -0.15) is 0 Å². The molecule has 2 N–H and O–H groups in total. The minimum absolute atomic E-state index is 0.192. The zero-order valence-corrected chi connectivity index (χ0v) is 11.7. The Kier molecular flexibility index (Phi) is 6.76. The second-order valence-electron chi connectivity index (χ2n) is 4.67. The summed E-state index contributed by atoms with van der Waals surface area (Å²) in [5.74, 6) is 0.941. The summed E-state index contributed by atoms with van der Waals surface area (Å²) in [4.78, 5) is 0. The highest BCUT2D eigenvalue weighted by Crippen LogP contribution is 2.20. The molecule has 1 atom stereocenters. The van der Waals surface area contributed by atoms with E-state index in [0.29, 0.717) is 6.61 Å². The van der Waals surface area contributed by atoms with E-state index in [4.69, 9.17) is 9.84 Å². The zero-order valence-electron chi connectivity index (χ0n) is 11.7. The number of aryl methyl sites for hydroxylation is 1. The highest BCUT2D eigenvalue weighted by atomic mass is 16.5. The van der Waals surface area contributed by atoms with Gasteiger partial charge < -0.3 is 15.2 Å². The SMILES string of the molecule is CCCNC(CCO)COc1cccc(C)c1C. The van der Waals surface area contributed by atoms with Crippen LogP contribution in [0.1, 0.15) is 30.9 Å². The first kappa shape index (κ1) is 15.0. The third-order valence-electron chi connectivity index (χ3n) is 3.16. The Labute approximate surface area is 110 Å². The van der Waals surface area contributed by atoms with Crippen molar-refractivity contribution in [3.05, 3.63) is 29.3 Å². The molecule has 1 aromatic carbocycles. The molecule has 0 amide bonds. The molecule has 0 saturated carbocycles. The van der Waals surface area contributed by atoms with E-state index in [0.717, 1.165) is 25.1 Å². The summed E-state index contributed by atoms with van der Waals surface area (Å²) in [5, 5.41) is 12.4. The van der Waals surface area contributed by atoms with Crippen molar-refractivity contribution in [1.29, 1.82) is 0 Å². The molecule has 102 valence electrons. The highest BCUT2D eigenvalue weighted by Gasteiger charge is 2.09. The van der Waals surface area contributed by atoms with Gasteiger partial charge in [-0.15, -0.1) is 0 Å². The number of aliphatic hydroxyl groups excluding tert-OH is 1. The van der Waals surface area contributed by atoms with E-state index in [2.05, 4.69) is 32.2 Å². The minimum atomic E-state index is 0.192. The predicted molar refractivity (Wildman–Crippen MR) is 75.2 cm³/mol. The molecule has 0 aliphatic carbocycles. The molecule has 1 unspecified atom stereocenters. The molecule has 1 aromatic rings. The molecule has 18 heavy (non-hydrogen) atoms. The Morgan fingerprint density at radius 2 is 2.11 bits per heavy atom. The molecule has 0 radical (unpaired) electrons. The van der Waals surface area contributed by atoms with Gasteiger partial charge in [0.25, 0.3) is 0 Å². The lowest BCUT2D eigenvalue weighted by Gasteiger charge is -2.19. The van der Waals surface area contributed by atoms with Gasteiger partial charge >= 0.3 is 0 Å². The lowest BCUT2D eigenvalue weighted by molar-refractivity contribution is 0.213. The largest absolute Gasteiger partial charge is 0.492 e. The summed E-state index contributed by atoms with van der Waals surface area (Å²) in [5.41, 5.74) is 2.43. The van der Waals surface area contributed by atoms with Crippen molar-refractivity contribution in [2.24, 2.45) is 0 Å². The highest BCUT2D eigenvalue weighted by molar-refractivity contribution is 5.38. The van der Waals surface area contributed by atoms with Gasteiger partial charge in [0, 0.05) is 12.6 Å². The topological polar surface area (TPSA) is 41.5 Å². The molecule has 0 aliphatic rings. The number of hydrogen-bond donors (Lipinski definition) is 2. The maximum Gasteiger partial charge on any atom is 0.122 e. The van der Waals surface area contributed by atoms with Crippen LogP contribution in [0.3, 0.4) is 0 Å². The van der Waals surface area contributed by atoms with Gasteiger partial charge in [0.15, 0.2) is 0 Å². The van der Waals surface area contributed by atoms with Crippen LogP contribution in [0.4, 0.5) is 0 Å². The molecule has 1 rings (SSSR count). The minimum Gasteiger partial charge on any atom is -0.492 e. The lowest BCUT2D eigenvalue weighted by Crippen LogP contribution is -2.36. The summed E-state index contributed by atoms with van der Waals surface area (Å²) in [6.07, 6.45) is 1.82. The van der Waals surface area contributed by atoms with E-state index in [1.165, 1.54) is 11.1 Å². The quantitative estimate of drug-likeness (QED) is 0.745. The van der Waals surface area contributed by atoms with Crippen molar-refractivity contribution < 1.29 is 9.84 Å². The Hall–Kier alpha value is -1.06. The molecule has 0 aliphatic heterocycles. The van der Waals surface area contributed by atoms with Crippen molar-refractivity contribution in [3.63, 3.8) is 0 Å². The van der Waals surface area contributed by atoms with Crippen molar-refractivity contribution in [2.45, 2.75) is 39.7 Å². The van der Waals surface area contributed by atoms with E-state index in [9.17, 15) is 0 Å². The first-order valence-electron chi connectivity index (χ1n) is 6.72. The Bertz CT molecular complexity index is 352. The van der Waals surface area contributed by atoms with E-state index in [1.54, 1.807) is 0 Å². The van der Waals surface area contributed by atoms with Crippen molar-refractivity contribution in [1.82, 2.24) is 5.32 Å². The van der Waals surface area contributed by atoms with Crippen molar-refractivity contribution in [2.75, 3.05) is 19.8 Å². The lowest BCUT2D eigenvalue weighted by atomic mass is 10.1. The molecule has 0 bridgehead atoms. The Morgan fingerprint density at radius 1 is 1.33 bits per heavy atom. The second-order valence-corrected chi connectivity index (χ2v) is 4.67. The van der Waals surface area contributed by atoms with Gasteiger partial charge in [-0.1, -0.05) is 19.1 Å². The molecule has 0 heterocycles. The van der Waals surface area contributed by atoms with Gasteiger partial charge in [-0.05, 0) is 50.4 Å².